The molecule has 34 heavy (non-hydrogen) atoms. The third kappa shape index (κ3) is 6.53. The van der Waals surface area contributed by atoms with Crippen molar-refractivity contribution in [3.8, 4) is 11.5 Å². The number of carbonyl (C=O) groups excluding carboxylic acids is 1. The molecule has 2 heterocycles. The summed E-state index contributed by atoms with van der Waals surface area (Å²) in [7, 11) is 0. The van der Waals surface area contributed by atoms with Gasteiger partial charge in [0.1, 0.15) is 5.82 Å². The third-order valence-electron chi connectivity index (χ3n) is 4.84. The van der Waals surface area contributed by atoms with Crippen LogP contribution >= 0.6 is 11.8 Å². The molecule has 0 saturated heterocycles. The van der Waals surface area contributed by atoms with E-state index in [1.807, 2.05) is 13.8 Å². The summed E-state index contributed by atoms with van der Waals surface area (Å²) < 4.78 is 13.0. The molecule has 0 atom stereocenters. The molecule has 0 fully saturated rings. The molecule has 9 nitrogen and oxygen atoms in total. The maximum atomic E-state index is 12.7. The fourth-order valence-corrected chi connectivity index (χ4v) is 3.86. The second kappa shape index (κ2) is 12.5. The maximum Gasteiger partial charge on any atom is 0.251 e. The number of anilines is 1. The Morgan fingerprint density at radius 2 is 1.88 bits per heavy atom. The Morgan fingerprint density at radius 3 is 2.59 bits per heavy atom. The van der Waals surface area contributed by atoms with Crippen LogP contribution in [0, 0.1) is 5.92 Å². The van der Waals surface area contributed by atoms with Crippen molar-refractivity contribution in [2.24, 2.45) is 5.92 Å². The van der Waals surface area contributed by atoms with Gasteiger partial charge in [-0.05, 0) is 43.7 Å². The molecule has 184 valence electrons. The monoisotopic (exact) mass is 486 g/mol. The molecule has 0 aliphatic carbocycles. The lowest BCUT2D eigenvalue weighted by Crippen LogP contribution is -2.27. The molecule has 3 rings (SSSR count). The molecule has 0 aliphatic heterocycles. The Balaban J connectivity index is 1.71. The van der Waals surface area contributed by atoms with E-state index in [9.17, 15) is 4.79 Å². The topological polar surface area (TPSA) is 103 Å². The zero-order valence-corrected chi connectivity index (χ0v) is 21.4. The number of ether oxygens (including phenoxy) is 2. The molecule has 0 radical (unpaired) electrons. The average molecular weight is 487 g/mol. The van der Waals surface area contributed by atoms with Crippen LogP contribution in [0.4, 0.5) is 5.82 Å². The van der Waals surface area contributed by atoms with Gasteiger partial charge in [-0.1, -0.05) is 32.5 Å². The summed E-state index contributed by atoms with van der Waals surface area (Å²) in [5.41, 5.74) is 1.27. The van der Waals surface area contributed by atoms with Gasteiger partial charge in [0.15, 0.2) is 22.3 Å². The number of thioether (sulfide) groups is 1. The van der Waals surface area contributed by atoms with Gasteiger partial charge in [0, 0.05) is 18.7 Å². The number of rotatable bonds is 13. The molecule has 0 saturated carbocycles. The van der Waals surface area contributed by atoms with Crippen molar-refractivity contribution in [2.75, 3.05) is 37.4 Å². The van der Waals surface area contributed by atoms with Crippen LogP contribution in [0.3, 0.4) is 0 Å². The summed E-state index contributed by atoms with van der Waals surface area (Å²) in [5, 5.41) is 12.5. The van der Waals surface area contributed by atoms with Gasteiger partial charge in [0.2, 0.25) is 0 Å². The molecule has 10 heteroatoms. The lowest BCUT2D eigenvalue weighted by molar-refractivity contribution is 0.0951. The Hall–Kier alpha value is -3.01. The minimum atomic E-state index is -0.184. The van der Waals surface area contributed by atoms with E-state index in [0.29, 0.717) is 54.4 Å². The summed E-state index contributed by atoms with van der Waals surface area (Å²) in [5.74, 6) is 3.17. The first-order chi connectivity index (χ1) is 16.5. The van der Waals surface area contributed by atoms with Gasteiger partial charge >= 0.3 is 0 Å². The molecule has 0 aliphatic rings. The summed E-state index contributed by atoms with van der Waals surface area (Å²) in [6, 6.07) is 5.21. The van der Waals surface area contributed by atoms with E-state index in [0.717, 1.165) is 29.1 Å². The van der Waals surface area contributed by atoms with Crippen LogP contribution < -0.4 is 20.1 Å². The molecule has 1 aromatic carbocycles. The number of amides is 1. The van der Waals surface area contributed by atoms with E-state index in [4.69, 9.17) is 14.5 Å². The van der Waals surface area contributed by atoms with Crippen molar-refractivity contribution >= 4 is 34.5 Å². The second-order valence-electron chi connectivity index (χ2n) is 7.95. The summed E-state index contributed by atoms with van der Waals surface area (Å²) >= 11 is 1.59. The Kier molecular flexibility index (Phi) is 9.38. The van der Waals surface area contributed by atoms with Gasteiger partial charge in [-0.2, -0.15) is 5.10 Å². The number of hydrogen-bond acceptors (Lipinski definition) is 8. The van der Waals surface area contributed by atoms with E-state index in [1.165, 1.54) is 0 Å². The second-order valence-corrected chi connectivity index (χ2v) is 9.18. The van der Waals surface area contributed by atoms with Crippen molar-refractivity contribution < 1.29 is 14.3 Å². The lowest BCUT2D eigenvalue weighted by Gasteiger charge is -2.13. The van der Waals surface area contributed by atoms with E-state index in [-0.39, 0.29) is 5.91 Å². The van der Waals surface area contributed by atoms with Crippen LogP contribution in [0.2, 0.25) is 0 Å². The molecule has 0 unspecified atom stereocenters. The van der Waals surface area contributed by atoms with Crippen LogP contribution in [0.5, 0.6) is 11.5 Å². The zero-order chi connectivity index (χ0) is 24.5. The number of aromatic nitrogens is 4. The van der Waals surface area contributed by atoms with Crippen LogP contribution in [0.15, 0.2) is 29.6 Å². The Morgan fingerprint density at radius 1 is 1.12 bits per heavy atom. The van der Waals surface area contributed by atoms with Gasteiger partial charge in [-0.15, -0.1) is 0 Å². The number of benzene rings is 1. The quantitative estimate of drug-likeness (QED) is 0.273. The maximum absolute atomic E-state index is 12.7. The first-order valence-electron chi connectivity index (χ1n) is 11.7. The first kappa shape index (κ1) is 25.6. The number of nitrogens with one attached hydrogen (secondary N) is 2. The highest BCUT2D eigenvalue weighted by atomic mass is 32.2. The highest BCUT2D eigenvalue weighted by Crippen LogP contribution is 2.28. The van der Waals surface area contributed by atoms with Gasteiger partial charge in [-0.3, -0.25) is 4.79 Å². The predicted octanol–water partition coefficient (Wildman–Crippen LogP) is 4.23. The van der Waals surface area contributed by atoms with Crippen molar-refractivity contribution in [3.63, 3.8) is 0 Å². The molecular formula is C24H34N6O3S. The number of hydrogen-bond donors (Lipinski definition) is 2. The van der Waals surface area contributed by atoms with Gasteiger partial charge in [0.25, 0.3) is 5.91 Å². The van der Waals surface area contributed by atoms with Gasteiger partial charge in [-0.25, -0.2) is 14.6 Å². The fraction of sp³-hybridized carbons (Fsp3) is 0.500. The van der Waals surface area contributed by atoms with Crippen LogP contribution in [0.25, 0.3) is 11.0 Å². The summed E-state index contributed by atoms with van der Waals surface area (Å²) in [6.07, 6.45) is 1.78. The highest BCUT2D eigenvalue weighted by Gasteiger charge is 2.15. The first-order valence-corrected chi connectivity index (χ1v) is 12.7. The van der Waals surface area contributed by atoms with Crippen molar-refractivity contribution in [2.45, 2.75) is 46.3 Å². The smallest absolute Gasteiger partial charge is 0.251 e. The van der Waals surface area contributed by atoms with Crippen LogP contribution in [-0.4, -0.2) is 57.7 Å². The molecule has 1 amide bonds. The molecule has 2 aromatic heterocycles. The largest absolute Gasteiger partial charge is 0.490 e. The molecular weight excluding hydrogens is 452 g/mol. The number of fused-ring (bicyclic) bond motifs is 1. The van der Waals surface area contributed by atoms with Crippen LogP contribution in [0.1, 0.15) is 45.0 Å². The normalized spacial score (nSPS) is 11.1. The SMILES string of the molecule is CCOc1ccc(C(=O)NCCn2ncc3c(NCC(C)C)nc(SCC)nc32)cc1OCC. The molecule has 2 N–H and O–H groups in total. The lowest BCUT2D eigenvalue weighted by atomic mass is 10.2. The van der Waals surface area contributed by atoms with E-state index >= 15 is 0 Å². The average Bonchev–Trinajstić information content (AvgIpc) is 3.22. The van der Waals surface area contributed by atoms with Gasteiger partial charge in [0.05, 0.1) is 31.3 Å². The standard InChI is InChI=1S/C24H34N6O3S/c1-6-32-19-10-9-17(13-20(19)33-7-2)23(31)25-11-12-30-22-18(15-27-30)21(26-14-16(4)5)28-24(29-22)34-8-3/h9-10,13,15-16H,6-8,11-12,14H2,1-5H3,(H,25,31)(H,26,28,29). The Bertz CT molecular complexity index is 1100. The predicted molar refractivity (Wildman–Crippen MR) is 136 cm³/mol. The molecule has 3 aromatic rings. The third-order valence-corrected chi connectivity index (χ3v) is 5.57. The minimum Gasteiger partial charge on any atom is -0.490 e. The van der Waals surface area contributed by atoms with Crippen molar-refractivity contribution in [1.29, 1.82) is 0 Å². The van der Waals surface area contributed by atoms with Gasteiger partial charge < -0.3 is 20.1 Å². The highest BCUT2D eigenvalue weighted by molar-refractivity contribution is 7.99. The summed E-state index contributed by atoms with van der Waals surface area (Å²) in [6.45, 7) is 12.9. The minimum absolute atomic E-state index is 0.184. The van der Waals surface area contributed by atoms with E-state index < -0.39 is 0 Å². The fourth-order valence-electron chi connectivity index (χ4n) is 3.30. The summed E-state index contributed by atoms with van der Waals surface area (Å²) in [4.78, 5) is 22.1. The van der Waals surface area contributed by atoms with Crippen molar-refractivity contribution in [1.82, 2.24) is 25.1 Å². The van der Waals surface area contributed by atoms with E-state index in [2.05, 4.69) is 41.5 Å². The Labute approximate surface area is 205 Å². The van der Waals surface area contributed by atoms with Crippen LogP contribution in [-0.2, 0) is 6.54 Å². The number of carbonyl (C=O) groups is 1. The van der Waals surface area contributed by atoms with E-state index in [1.54, 1.807) is 40.8 Å². The molecule has 0 spiro atoms. The number of nitrogens with zero attached hydrogens (tertiary/aromatic N) is 4. The molecule has 0 bridgehead atoms. The zero-order valence-electron chi connectivity index (χ0n) is 20.6. The van der Waals surface area contributed by atoms with Crippen molar-refractivity contribution in [3.05, 3.63) is 30.0 Å².